The van der Waals surface area contributed by atoms with Crippen LogP contribution in [0, 0.1) is 0 Å². The number of nitrogens with zero attached hydrogens (tertiary/aromatic N) is 2. The molecule has 0 saturated heterocycles. The maximum absolute atomic E-state index is 13.7. The molecule has 6 nitrogen and oxygen atoms in total. The van der Waals surface area contributed by atoms with Gasteiger partial charge in [0.2, 0.25) is 0 Å². The maximum atomic E-state index is 13.7. The van der Waals surface area contributed by atoms with Crippen LogP contribution in [0.25, 0.3) is 22.9 Å². The average molecular weight is 640 g/mol. The molecule has 0 fully saturated rings. The summed E-state index contributed by atoms with van der Waals surface area (Å²) in [5.74, 6) is 0.104. The monoisotopic (exact) mass is 638 g/mol. The number of amides is 2. The number of alkyl halides is 2. The van der Waals surface area contributed by atoms with Crippen LogP contribution in [-0.2, 0) is 6.42 Å². The SMILES string of the molecule is C/C=c1/c2c(cc(O)/c1=C/C)N(C(=O)c1ccc(C(=O)N3CCc4c3cc(O)c3ccccc43)s1)CC2CCl.CC.CCl. The van der Waals surface area contributed by atoms with Gasteiger partial charge in [0, 0.05) is 54.0 Å². The molecule has 1 atom stereocenters. The van der Waals surface area contributed by atoms with E-state index < -0.39 is 0 Å². The molecule has 3 aromatic carbocycles. The Balaban J connectivity index is 0.00000102. The number of phenolic OH excluding ortho intramolecular Hbond substituents is 2. The summed E-state index contributed by atoms with van der Waals surface area (Å²) in [4.78, 5) is 31.5. The van der Waals surface area contributed by atoms with Gasteiger partial charge in [-0.3, -0.25) is 9.59 Å². The fraction of sp³-hybridized carbons (Fsp3) is 0.294. The highest BCUT2D eigenvalue weighted by atomic mass is 35.5. The molecule has 0 radical (unpaired) electrons. The van der Waals surface area contributed by atoms with Gasteiger partial charge in [0.25, 0.3) is 11.8 Å². The van der Waals surface area contributed by atoms with E-state index in [1.807, 2.05) is 64.1 Å². The molecule has 9 heteroatoms. The molecule has 4 aromatic rings. The third-order valence-corrected chi connectivity index (χ3v) is 9.21. The van der Waals surface area contributed by atoms with Crippen molar-refractivity contribution in [1.29, 1.82) is 0 Å². The first-order valence-corrected chi connectivity index (χ1v) is 16.4. The van der Waals surface area contributed by atoms with Gasteiger partial charge >= 0.3 is 0 Å². The number of halogens is 2. The molecule has 3 heterocycles. The number of fused-ring (bicyclic) bond motifs is 4. The Hall–Kier alpha value is -3.52. The largest absolute Gasteiger partial charge is 0.507 e. The van der Waals surface area contributed by atoms with Crippen molar-refractivity contribution in [2.24, 2.45) is 0 Å². The number of hydrogen-bond acceptors (Lipinski definition) is 5. The molecule has 2 aliphatic heterocycles. The summed E-state index contributed by atoms with van der Waals surface area (Å²) < 4.78 is 0. The second-order valence-electron chi connectivity index (χ2n) is 9.81. The highest BCUT2D eigenvalue weighted by Crippen LogP contribution is 2.41. The lowest BCUT2D eigenvalue weighted by Crippen LogP contribution is -2.30. The van der Waals surface area contributed by atoms with Crippen LogP contribution >= 0.6 is 34.5 Å². The van der Waals surface area contributed by atoms with Crippen molar-refractivity contribution in [3.63, 3.8) is 0 Å². The summed E-state index contributed by atoms with van der Waals surface area (Å²) in [5, 5.41) is 24.6. The fourth-order valence-electron chi connectivity index (χ4n) is 6.00. The molecule has 1 unspecified atom stereocenters. The van der Waals surface area contributed by atoms with Crippen molar-refractivity contribution >= 4 is 80.7 Å². The highest BCUT2D eigenvalue weighted by molar-refractivity contribution is 7.16. The molecular formula is C34H36Cl2N2O4S. The molecule has 226 valence electrons. The summed E-state index contributed by atoms with van der Waals surface area (Å²) in [6.45, 7) is 8.69. The summed E-state index contributed by atoms with van der Waals surface area (Å²) in [6, 6.07) is 14.3. The van der Waals surface area contributed by atoms with E-state index in [0.29, 0.717) is 46.5 Å². The lowest BCUT2D eigenvalue weighted by atomic mass is 9.98. The Labute approximate surface area is 266 Å². The minimum atomic E-state index is -0.229. The number of benzene rings is 3. The lowest BCUT2D eigenvalue weighted by molar-refractivity contribution is 0.0986. The van der Waals surface area contributed by atoms with Crippen LogP contribution in [0.3, 0.4) is 0 Å². The third kappa shape index (κ3) is 5.62. The van der Waals surface area contributed by atoms with Crippen molar-refractivity contribution in [3.8, 4) is 11.5 Å². The molecule has 0 spiro atoms. The van der Waals surface area contributed by atoms with E-state index >= 15 is 0 Å². The van der Waals surface area contributed by atoms with Gasteiger partial charge in [-0.2, -0.15) is 0 Å². The predicted molar refractivity (Wildman–Crippen MR) is 181 cm³/mol. The van der Waals surface area contributed by atoms with E-state index in [1.165, 1.54) is 6.38 Å². The van der Waals surface area contributed by atoms with Crippen LogP contribution in [0.4, 0.5) is 11.4 Å². The van der Waals surface area contributed by atoms with Crippen molar-refractivity contribution in [3.05, 3.63) is 79.8 Å². The molecule has 0 bridgehead atoms. The van der Waals surface area contributed by atoms with Gasteiger partial charge < -0.3 is 20.0 Å². The molecule has 43 heavy (non-hydrogen) atoms. The van der Waals surface area contributed by atoms with Gasteiger partial charge in [-0.05, 0) is 54.1 Å². The zero-order chi connectivity index (χ0) is 31.4. The Morgan fingerprint density at radius 3 is 2.07 bits per heavy atom. The minimum absolute atomic E-state index is 0.0687. The van der Waals surface area contributed by atoms with E-state index in [4.69, 9.17) is 11.6 Å². The standard InChI is InChI=1S/C31H27ClN2O4S.C2H6.CH3Cl/c1-3-18-19(4-2)29-17(15-32)16-34(24(29)14-25(18)35)31(38)28-10-9-27(39-28)30(37)33-12-11-21-20-7-5-6-8-22(20)26(36)13-23(21)33;2*1-2/h3-10,13-14,17,35-36H,11-12,15-16H2,1-2H3;1-2H3;1H3/b18-3+,19-4+;;. The summed E-state index contributed by atoms with van der Waals surface area (Å²) in [7, 11) is 0. The number of hydrogen-bond donors (Lipinski definition) is 2. The first kappa shape index (κ1) is 32.4. The molecule has 2 aliphatic rings. The van der Waals surface area contributed by atoms with E-state index in [9.17, 15) is 19.8 Å². The molecule has 2 N–H and O–H groups in total. The number of phenols is 2. The van der Waals surface area contributed by atoms with Crippen LogP contribution in [-0.4, -0.2) is 47.4 Å². The second kappa shape index (κ2) is 13.8. The number of rotatable bonds is 3. The topological polar surface area (TPSA) is 81.1 Å². The first-order valence-electron chi connectivity index (χ1n) is 14.3. The summed E-state index contributed by atoms with van der Waals surface area (Å²) in [5.41, 5.74) is 3.36. The Kier molecular flexibility index (Phi) is 10.4. The highest BCUT2D eigenvalue weighted by Gasteiger charge is 2.35. The molecule has 0 aliphatic carbocycles. The van der Waals surface area contributed by atoms with Crippen LogP contribution < -0.4 is 20.2 Å². The first-order chi connectivity index (χ1) is 20.9. The van der Waals surface area contributed by atoms with Gasteiger partial charge in [0.15, 0.2) is 0 Å². The number of anilines is 2. The molecular weight excluding hydrogens is 603 g/mol. The minimum Gasteiger partial charge on any atom is -0.507 e. The van der Waals surface area contributed by atoms with E-state index in [1.54, 1.807) is 34.1 Å². The van der Waals surface area contributed by atoms with E-state index in [0.717, 1.165) is 43.7 Å². The Morgan fingerprint density at radius 2 is 1.47 bits per heavy atom. The van der Waals surface area contributed by atoms with Crippen LogP contribution in [0.5, 0.6) is 11.5 Å². The zero-order valence-corrected chi connectivity index (χ0v) is 27.3. The van der Waals surface area contributed by atoms with Gasteiger partial charge in [0.1, 0.15) is 11.5 Å². The molecule has 2 amide bonds. The molecule has 0 saturated carbocycles. The number of thiophene rings is 1. The third-order valence-electron chi connectivity index (χ3n) is 7.78. The fourth-order valence-corrected chi connectivity index (χ4v) is 7.15. The van der Waals surface area contributed by atoms with Gasteiger partial charge in [-0.15, -0.1) is 34.5 Å². The Bertz CT molecular complexity index is 1800. The summed E-state index contributed by atoms with van der Waals surface area (Å²) in [6.07, 6.45) is 5.97. The van der Waals surface area contributed by atoms with Crippen molar-refractivity contribution < 1.29 is 19.8 Å². The van der Waals surface area contributed by atoms with Crippen molar-refractivity contribution in [2.45, 2.75) is 40.0 Å². The van der Waals surface area contributed by atoms with Crippen LogP contribution in [0.1, 0.15) is 64.1 Å². The number of carbonyl (C=O) groups is 2. The van der Waals surface area contributed by atoms with Crippen LogP contribution in [0.15, 0.2) is 48.5 Å². The molecule has 6 rings (SSSR count). The van der Waals surface area contributed by atoms with E-state index in [-0.39, 0.29) is 29.2 Å². The van der Waals surface area contributed by atoms with E-state index in [2.05, 4.69) is 11.6 Å². The predicted octanol–water partition coefficient (Wildman–Crippen LogP) is 6.98. The van der Waals surface area contributed by atoms with Gasteiger partial charge in [-0.1, -0.05) is 50.3 Å². The Morgan fingerprint density at radius 1 is 0.884 bits per heavy atom. The average Bonchev–Trinajstić information content (AvgIpc) is 3.79. The smallest absolute Gasteiger partial charge is 0.268 e. The summed E-state index contributed by atoms with van der Waals surface area (Å²) >= 11 is 12.1. The van der Waals surface area contributed by atoms with Crippen molar-refractivity contribution in [1.82, 2.24) is 0 Å². The zero-order valence-electron chi connectivity index (χ0n) is 24.9. The number of aromatic hydroxyl groups is 2. The normalized spacial score (nSPS) is 15.9. The van der Waals surface area contributed by atoms with Gasteiger partial charge in [0.05, 0.1) is 21.1 Å². The quantitative estimate of drug-likeness (QED) is 0.237. The van der Waals surface area contributed by atoms with Crippen molar-refractivity contribution in [2.75, 3.05) is 35.2 Å². The second-order valence-corrected chi connectivity index (χ2v) is 11.2. The van der Waals surface area contributed by atoms with Gasteiger partial charge in [-0.25, -0.2) is 0 Å². The number of carbonyl (C=O) groups excluding carboxylic acids is 2. The maximum Gasteiger partial charge on any atom is 0.268 e. The lowest BCUT2D eigenvalue weighted by Gasteiger charge is -2.18. The molecule has 1 aromatic heterocycles. The van der Waals surface area contributed by atoms with Crippen LogP contribution in [0.2, 0.25) is 0 Å².